The molecule has 2 rings (SSSR count). The second-order valence-corrected chi connectivity index (χ2v) is 5.51. The van der Waals surface area contributed by atoms with Crippen molar-refractivity contribution in [1.82, 2.24) is 9.97 Å². The molecule has 0 bridgehead atoms. The fraction of sp³-hybridized carbons (Fsp3) is 0.375. The minimum atomic E-state index is -0.469. The standard InChI is InChI=1S/C16H21N5O2/c1-4-9-17-15-14(21(22)23)16(19-10-18-15)20-13-7-5-12(6-8-13)11(2)3/h5-8,10-11H,4,9H2,1-3H3,(H2,17,18,19,20). The number of nitrogens with one attached hydrogen (secondary N) is 2. The number of hydrogen-bond acceptors (Lipinski definition) is 6. The van der Waals surface area contributed by atoms with Crippen molar-refractivity contribution in [3.05, 3.63) is 46.3 Å². The Bertz CT molecular complexity index is 671. The van der Waals surface area contributed by atoms with Crippen molar-refractivity contribution in [2.45, 2.75) is 33.1 Å². The van der Waals surface area contributed by atoms with Crippen LogP contribution in [0, 0.1) is 10.1 Å². The van der Waals surface area contributed by atoms with Gasteiger partial charge in [-0.05, 0) is 30.0 Å². The molecule has 7 heteroatoms. The van der Waals surface area contributed by atoms with Gasteiger partial charge in [0.15, 0.2) is 0 Å². The van der Waals surface area contributed by atoms with Crippen molar-refractivity contribution in [2.24, 2.45) is 0 Å². The molecule has 0 saturated heterocycles. The van der Waals surface area contributed by atoms with Gasteiger partial charge in [0, 0.05) is 12.2 Å². The fourth-order valence-electron chi connectivity index (χ4n) is 2.10. The van der Waals surface area contributed by atoms with Crippen LogP contribution >= 0.6 is 0 Å². The number of hydrogen-bond donors (Lipinski definition) is 2. The molecule has 1 heterocycles. The van der Waals surface area contributed by atoms with E-state index in [0.717, 1.165) is 12.1 Å². The van der Waals surface area contributed by atoms with Gasteiger partial charge in [0.1, 0.15) is 6.33 Å². The molecule has 0 fully saturated rings. The summed E-state index contributed by atoms with van der Waals surface area (Å²) in [4.78, 5) is 18.9. The van der Waals surface area contributed by atoms with Gasteiger partial charge in [-0.15, -0.1) is 0 Å². The van der Waals surface area contributed by atoms with E-state index in [1.807, 2.05) is 31.2 Å². The molecule has 23 heavy (non-hydrogen) atoms. The highest BCUT2D eigenvalue weighted by atomic mass is 16.6. The summed E-state index contributed by atoms with van der Waals surface area (Å²) in [6.07, 6.45) is 2.16. The summed E-state index contributed by atoms with van der Waals surface area (Å²) in [5, 5.41) is 17.4. The van der Waals surface area contributed by atoms with Gasteiger partial charge >= 0.3 is 5.69 Å². The molecule has 0 atom stereocenters. The summed E-state index contributed by atoms with van der Waals surface area (Å²) in [6.45, 7) is 6.82. The van der Waals surface area contributed by atoms with Crippen molar-refractivity contribution < 1.29 is 4.92 Å². The van der Waals surface area contributed by atoms with Gasteiger partial charge in [-0.2, -0.15) is 0 Å². The zero-order chi connectivity index (χ0) is 16.8. The second kappa shape index (κ2) is 7.53. The summed E-state index contributed by atoms with van der Waals surface area (Å²) in [6, 6.07) is 7.77. The van der Waals surface area contributed by atoms with Gasteiger partial charge in [-0.25, -0.2) is 9.97 Å². The zero-order valence-corrected chi connectivity index (χ0v) is 13.5. The summed E-state index contributed by atoms with van der Waals surface area (Å²) in [5.41, 5.74) is 1.81. The van der Waals surface area contributed by atoms with Gasteiger partial charge in [0.2, 0.25) is 11.6 Å². The number of rotatable bonds is 7. The molecule has 0 aliphatic rings. The average molecular weight is 315 g/mol. The highest BCUT2D eigenvalue weighted by Gasteiger charge is 2.22. The van der Waals surface area contributed by atoms with Crippen LogP contribution in [0.25, 0.3) is 0 Å². The van der Waals surface area contributed by atoms with E-state index in [1.165, 1.54) is 11.9 Å². The van der Waals surface area contributed by atoms with E-state index in [2.05, 4.69) is 34.4 Å². The molecule has 2 aromatic rings. The molecular weight excluding hydrogens is 294 g/mol. The molecule has 0 amide bonds. The summed E-state index contributed by atoms with van der Waals surface area (Å²) >= 11 is 0. The first-order valence-corrected chi connectivity index (χ1v) is 7.63. The van der Waals surface area contributed by atoms with E-state index in [9.17, 15) is 10.1 Å². The molecule has 1 aromatic carbocycles. The Morgan fingerprint density at radius 3 is 2.39 bits per heavy atom. The molecule has 1 aromatic heterocycles. The lowest BCUT2D eigenvalue weighted by Crippen LogP contribution is -2.08. The quantitative estimate of drug-likeness (QED) is 0.591. The van der Waals surface area contributed by atoms with E-state index in [0.29, 0.717) is 12.5 Å². The number of anilines is 3. The van der Waals surface area contributed by atoms with Gasteiger partial charge < -0.3 is 10.6 Å². The van der Waals surface area contributed by atoms with Crippen molar-refractivity contribution >= 4 is 23.0 Å². The predicted molar refractivity (Wildman–Crippen MR) is 91.3 cm³/mol. The minimum Gasteiger partial charge on any atom is -0.364 e. The van der Waals surface area contributed by atoms with Crippen molar-refractivity contribution in [2.75, 3.05) is 17.2 Å². The van der Waals surface area contributed by atoms with Crippen LogP contribution in [0.15, 0.2) is 30.6 Å². The van der Waals surface area contributed by atoms with E-state index in [-0.39, 0.29) is 17.3 Å². The maximum Gasteiger partial charge on any atom is 0.353 e. The molecule has 7 nitrogen and oxygen atoms in total. The lowest BCUT2D eigenvalue weighted by atomic mass is 10.0. The lowest BCUT2D eigenvalue weighted by molar-refractivity contribution is -0.383. The first-order valence-electron chi connectivity index (χ1n) is 7.63. The Balaban J connectivity index is 2.29. The third-order valence-electron chi connectivity index (χ3n) is 3.39. The maximum atomic E-state index is 11.4. The van der Waals surface area contributed by atoms with Crippen LogP contribution in [0.5, 0.6) is 0 Å². The Hall–Kier alpha value is -2.70. The average Bonchev–Trinajstić information content (AvgIpc) is 2.53. The Morgan fingerprint density at radius 1 is 1.17 bits per heavy atom. The highest BCUT2D eigenvalue weighted by molar-refractivity contribution is 5.73. The van der Waals surface area contributed by atoms with Crippen LogP contribution in [0.3, 0.4) is 0 Å². The van der Waals surface area contributed by atoms with Crippen LogP contribution < -0.4 is 10.6 Å². The molecule has 122 valence electrons. The zero-order valence-electron chi connectivity index (χ0n) is 13.5. The molecule has 0 saturated carbocycles. The molecule has 0 radical (unpaired) electrons. The smallest absolute Gasteiger partial charge is 0.353 e. The second-order valence-electron chi connectivity index (χ2n) is 5.51. The first-order chi connectivity index (χ1) is 11.0. The molecular formula is C16H21N5O2. The molecule has 0 aliphatic heterocycles. The van der Waals surface area contributed by atoms with Crippen molar-refractivity contribution in [3.8, 4) is 0 Å². The highest BCUT2D eigenvalue weighted by Crippen LogP contribution is 2.31. The number of aromatic nitrogens is 2. The van der Waals surface area contributed by atoms with E-state index in [1.54, 1.807) is 0 Å². The summed E-state index contributed by atoms with van der Waals surface area (Å²) in [5.74, 6) is 0.844. The Morgan fingerprint density at radius 2 is 1.83 bits per heavy atom. The van der Waals surface area contributed by atoms with Gasteiger partial charge in [-0.1, -0.05) is 32.9 Å². The first kappa shape index (κ1) is 16.7. The number of benzene rings is 1. The molecule has 0 aliphatic carbocycles. The van der Waals surface area contributed by atoms with E-state index in [4.69, 9.17) is 0 Å². The molecule has 2 N–H and O–H groups in total. The van der Waals surface area contributed by atoms with Crippen molar-refractivity contribution in [1.29, 1.82) is 0 Å². The SMILES string of the molecule is CCCNc1ncnc(Nc2ccc(C(C)C)cc2)c1[N+](=O)[O-]. The normalized spacial score (nSPS) is 10.6. The number of nitrogens with zero attached hydrogens (tertiary/aromatic N) is 3. The summed E-state index contributed by atoms with van der Waals surface area (Å²) in [7, 11) is 0. The molecule has 0 spiro atoms. The third-order valence-corrected chi connectivity index (χ3v) is 3.39. The third kappa shape index (κ3) is 4.15. The van der Waals surface area contributed by atoms with Gasteiger partial charge in [0.05, 0.1) is 4.92 Å². The van der Waals surface area contributed by atoms with Crippen LogP contribution in [-0.2, 0) is 0 Å². The summed E-state index contributed by atoms with van der Waals surface area (Å²) < 4.78 is 0. The van der Waals surface area contributed by atoms with Crippen LogP contribution in [-0.4, -0.2) is 21.4 Å². The monoisotopic (exact) mass is 315 g/mol. The number of nitro groups is 1. The topological polar surface area (TPSA) is 93.0 Å². The maximum absolute atomic E-state index is 11.4. The predicted octanol–water partition coefficient (Wildman–Crippen LogP) is 4.07. The van der Waals surface area contributed by atoms with Crippen LogP contribution in [0.1, 0.15) is 38.7 Å². The lowest BCUT2D eigenvalue weighted by Gasteiger charge is -2.11. The van der Waals surface area contributed by atoms with Crippen LogP contribution in [0.2, 0.25) is 0 Å². The minimum absolute atomic E-state index is 0.145. The van der Waals surface area contributed by atoms with Crippen molar-refractivity contribution in [3.63, 3.8) is 0 Å². The van der Waals surface area contributed by atoms with Gasteiger partial charge in [-0.3, -0.25) is 10.1 Å². The van der Waals surface area contributed by atoms with Crippen LogP contribution in [0.4, 0.5) is 23.0 Å². The van der Waals surface area contributed by atoms with Gasteiger partial charge in [0.25, 0.3) is 0 Å². The molecule has 0 unspecified atom stereocenters. The Labute approximate surface area is 135 Å². The largest absolute Gasteiger partial charge is 0.364 e. The van der Waals surface area contributed by atoms with E-state index < -0.39 is 4.92 Å². The Kier molecular flexibility index (Phi) is 5.46. The van der Waals surface area contributed by atoms with E-state index >= 15 is 0 Å². The fourth-order valence-corrected chi connectivity index (χ4v) is 2.10.